The lowest BCUT2D eigenvalue weighted by Gasteiger charge is -2.07. The molecule has 0 amide bonds. The maximum atomic E-state index is 10.6. The Morgan fingerprint density at radius 1 is 1.21 bits per heavy atom. The van der Waals surface area contributed by atoms with Gasteiger partial charge in [0.25, 0.3) is 5.69 Å². The third-order valence-corrected chi connectivity index (χ3v) is 4.11. The predicted molar refractivity (Wildman–Crippen MR) is 92.4 cm³/mol. The molecule has 0 bridgehead atoms. The molecule has 0 heterocycles. The molecule has 0 saturated carbocycles. The largest absolute Gasteiger partial charge is 0.472 e. The third kappa shape index (κ3) is 3.71. The van der Waals surface area contributed by atoms with Gasteiger partial charge in [0.05, 0.1) is 10.6 Å². The van der Waals surface area contributed by atoms with E-state index < -0.39 is 4.92 Å². The second kappa shape index (κ2) is 7.12. The summed E-state index contributed by atoms with van der Waals surface area (Å²) >= 11 is 0. The molecule has 0 aromatic heterocycles. The molecule has 0 fully saturated rings. The van der Waals surface area contributed by atoms with Crippen LogP contribution in [0.3, 0.4) is 0 Å². The van der Waals surface area contributed by atoms with Crippen LogP contribution < -0.4 is 10.2 Å². The summed E-state index contributed by atoms with van der Waals surface area (Å²) in [5.41, 5.74) is 7.79. The molecular weight excluding hydrogens is 306 g/mol. The molecule has 1 N–H and O–H groups in total. The number of rotatable bonds is 6. The molecule has 3 rings (SSSR count). The lowest BCUT2D eigenvalue weighted by atomic mass is 10.0. The molecule has 0 spiro atoms. The smallest absolute Gasteiger partial charge is 0.269 e. The minimum atomic E-state index is -0.438. The monoisotopic (exact) mass is 325 g/mol. The van der Waals surface area contributed by atoms with E-state index in [1.807, 2.05) is 6.92 Å². The predicted octanol–water partition coefficient (Wildman–Crippen LogP) is 3.43. The second-order valence-electron chi connectivity index (χ2n) is 5.73. The number of aryl methyl sites for hydroxylation is 2. The van der Waals surface area contributed by atoms with Gasteiger partial charge < -0.3 is 4.74 Å². The van der Waals surface area contributed by atoms with Crippen molar-refractivity contribution < 1.29 is 9.66 Å². The van der Waals surface area contributed by atoms with E-state index in [2.05, 4.69) is 28.7 Å². The first-order valence-electron chi connectivity index (χ1n) is 7.90. The number of ether oxygens (including phenoxy) is 1. The number of benzene rings is 2. The van der Waals surface area contributed by atoms with Crippen molar-refractivity contribution in [3.63, 3.8) is 0 Å². The fourth-order valence-corrected chi connectivity index (χ4v) is 2.79. The summed E-state index contributed by atoms with van der Waals surface area (Å²) in [7, 11) is 0. The fourth-order valence-electron chi connectivity index (χ4n) is 2.79. The highest BCUT2D eigenvalue weighted by Crippen LogP contribution is 2.23. The quantitative estimate of drug-likeness (QED) is 0.290. The normalized spacial score (nSPS) is 13.5. The average molecular weight is 325 g/mol. The molecule has 24 heavy (non-hydrogen) atoms. The van der Waals surface area contributed by atoms with Crippen LogP contribution in [-0.4, -0.2) is 17.4 Å². The molecule has 0 saturated heterocycles. The molecule has 6 nitrogen and oxygen atoms in total. The number of nitrogens with zero attached hydrogens (tertiary/aromatic N) is 2. The van der Waals surface area contributed by atoms with Crippen LogP contribution in [0.2, 0.25) is 0 Å². The van der Waals surface area contributed by atoms with Crippen molar-refractivity contribution in [1.29, 1.82) is 0 Å². The van der Waals surface area contributed by atoms with Gasteiger partial charge in [-0.2, -0.15) is 5.10 Å². The molecule has 0 atom stereocenters. The van der Waals surface area contributed by atoms with E-state index in [9.17, 15) is 10.1 Å². The number of nitro groups is 1. The van der Waals surface area contributed by atoms with Gasteiger partial charge in [-0.3, -0.25) is 15.5 Å². The van der Waals surface area contributed by atoms with Crippen molar-refractivity contribution in [2.75, 3.05) is 6.73 Å². The van der Waals surface area contributed by atoms with Gasteiger partial charge in [-0.15, -0.1) is 0 Å². The minimum Gasteiger partial charge on any atom is -0.472 e. The van der Waals surface area contributed by atoms with E-state index in [-0.39, 0.29) is 12.4 Å². The maximum absolute atomic E-state index is 10.6. The highest BCUT2D eigenvalue weighted by molar-refractivity contribution is 5.98. The number of nitro benzene ring substituents is 1. The molecule has 0 radical (unpaired) electrons. The van der Waals surface area contributed by atoms with E-state index in [1.165, 1.54) is 36.1 Å². The zero-order valence-electron chi connectivity index (χ0n) is 13.5. The van der Waals surface area contributed by atoms with Crippen molar-refractivity contribution in [2.45, 2.75) is 26.2 Å². The van der Waals surface area contributed by atoms with E-state index in [0.717, 1.165) is 17.7 Å². The van der Waals surface area contributed by atoms with Gasteiger partial charge in [-0.05, 0) is 61.1 Å². The second-order valence-corrected chi connectivity index (χ2v) is 5.73. The van der Waals surface area contributed by atoms with E-state index >= 15 is 0 Å². The molecule has 1 aliphatic carbocycles. The van der Waals surface area contributed by atoms with Gasteiger partial charge in [0.2, 0.25) is 0 Å². The van der Waals surface area contributed by atoms with E-state index in [1.54, 1.807) is 12.1 Å². The number of fused-ring (bicyclic) bond motifs is 1. The van der Waals surface area contributed by atoms with Crippen LogP contribution in [0.1, 0.15) is 30.0 Å². The Bertz CT molecular complexity index is 770. The fraction of sp³-hybridized carbons (Fsp3) is 0.278. The summed E-state index contributed by atoms with van der Waals surface area (Å²) in [5.74, 6) is 0.554. The van der Waals surface area contributed by atoms with Gasteiger partial charge in [-0.1, -0.05) is 12.1 Å². The van der Waals surface area contributed by atoms with Crippen LogP contribution in [0.15, 0.2) is 47.6 Å². The SMILES string of the molecule is C/C(=N\NCOc1ccc([N+](=O)[O-])cc1)c1ccc2c(c1)CCC2. The molecule has 2 aromatic rings. The number of hydrazone groups is 1. The molecule has 0 unspecified atom stereocenters. The van der Waals surface area contributed by atoms with Crippen LogP contribution in [0.25, 0.3) is 0 Å². The van der Waals surface area contributed by atoms with E-state index in [0.29, 0.717) is 5.75 Å². The van der Waals surface area contributed by atoms with Crippen molar-refractivity contribution in [2.24, 2.45) is 5.10 Å². The van der Waals surface area contributed by atoms with Gasteiger partial charge >= 0.3 is 0 Å². The Kier molecular flexibility index (Phi) is 4.74. The van der Waals surface area contributed by atoms with Crippen LogP contribution >= 0.6 is 0 Å². The Balaban J connectivity index is 1.53. The van der Waals surface area contributed by atoms with Gasteiger partial charge in [0.15, 0.2) is 6.73 Å². The zero-order valence-corrected chi connectivity index (χ0v) is 13.5. The number of non-ortho nitro benzene ring substituents is 1. The van der Waals surface area contributed by atoms with Gasteiger partial charge in [0.1, 0.15) is 5.75 Å². The summed E-state index contributed by atoms with van der Waals surface area (Å²) in [6, 6.07) is 12.4. The molecule has 2 aromatic carbocycles. The van der Waals surface area contributed by atoms with Crippen molar-refractivity contribution in [3.05, 3.63) is 69.3 Å². The number of nitrogens with one attached hydrogen (secondary N) is 1. The average Bonchev–Trinajstić information content (AvgIpc) is 3.06. The van der Waals surface area contributed by atoms with Crippen LogP contribution in [0, 0.1) is 10.1 Å². The lowest BCUT2D eigenvalue weighted by molar-refractivity contribution is -0.384. The Morgan fingerprint density at radius 2 is 1.96 bits per heavy atom. The first kappa shape index (κ1) is 16.0. The summed E-state index contributed by atoms with van der Waals surface area (Å²) < 4.78 is 5.46. The lowest BCUT2D eigenvalue weighted by Crippen LogP contribution is -2.16. The summed E-state index contributed by atoms with van der Waals surface area (Å²) in [4.78, 5) is 10.1. The highest BCUT2D eigenvalue weighted by atomic mass is 16.6. The van der Waals surface area contributed by atoms with Gasteiger partial charge in [-0.25, -0.2) is 0 Å². The Hall–Kier alpha value is -2.89. The molecule has 124 valence electrons. The minimum absolute atomic E-state index is 0.0424. The maximum Gasteiger partial charge on any atom is 0.269 e. The first-order chi connectivity index (χ1) is 11.6. The van der Waals surface area contributed by atoms with Crippen molar-refractivity contribution in [1.82, 2.24) is 5.43 Å². The standard InChI is InChI=1S/C18H19N3O3/c1-13(15-6-5-14-3-2-4-16(14)11-15)20-19-12-24-18-9-7-17(8-10-18)21(22)23/h5-11,19H,2-4,12H2,1H3/b20-13+. The Morgan fingerprint density at radius 3 is 2.71 bits per heavy atom. The first-order valence-corrected chi connectivity index (χ1v) is 7.90. The van der Waals surface area contributed by atoms with E-state index in [4.69, 9.17) is 4.74 Å². The van der Waals surface area contributed by atoms with Gasteiger partial charge in [0, 0.05) is 12.1 Å². The summed E-state index contributed by atoms with van der Waals surface area (Å²) in [5, 5.41) is 14.9. The number of hydrogen-bond acceptors (Lipinski definition) is 5. The number of hydrogen-bond donors (Lipinski definition) is 1. The van der Waals surface area contributed by atoms with Crippen LogP contribution in [0.5, 0.6) is 5.75 Å². The molecular formula is C18H19N3O3. The molecule has 0 aliphatic heterocycles. The molecule has 6 heteroatoms. The topological polar surface area (TPSA) is 76.8 Å². The third-order valence-electron chi connectivity index (χ3n) is 4.11. The van der Waals surface area contributed by atoms with Crippen LogP contribution in [-0.2, 0) is 12.8 Å². The summed E-state index contributed by atoms with van der Waals surface area (Å²) in [6.07, 6.45) is 3.55. The van der Waals surface area contributed by atoms with Crippen molar-refractivity contribution in [3.8, 4) is 5.75 Å². The molecule has 1 aliphatic rings. The summed E-state index contributed by atoms with van der Waals surface area (Å²) in [6.45, 7) is 2.15. The van der Waals surface area contributed by atoms with Crippen LogP contribution in [0.4, 0.5) is 5.69 Å². The zero-order chi connectivity index (χ0) is 16.9. The highest BCUT2D eigenvalue weighted by Gasteiger charge is 2.11. The van der Waals surface area contributed by atoms with Crippen molar-refractivity contribution >= 4 is 11.4 Å². The Labute approximate surface area is 140 Å².